The van der Waals surface area contributed by atoms with E-state index < -0.39 is 11.6 Å². The number of fused-ring (bicyclic) bond motifs is 1. The van der Waals surface area contributed by atoms with Crippen molar-refractivity contribution in [2.24, 2.45) is 0 Å². The quantitative estimate of drug-likeness (QED) is 0.919. The van der Waals surface area contributed by atoms with Crippen molar-refractivity contribution in [1.82, 2.24) is 0 Å². The van der Waals surface area contributed by atoms with Gasteiger partial charge in [-0.05, 0) is 35.7 Å². The van der Waals surface area contributed by atoms with Gasteiger partial charge in [-0.25, -0.2) is 8.78 Å². The molecule has 0 bridgehead atoms. The van der Waals surface area contributed by atoms with Crippen LogP contribution in [0.4, 0.5) is 14.5 Å². The maximum Gasteiger partial charge on any atom is 0.146 e. The van der Waals surface area contributed by atoms with Crippen LogP contribution >= 0.6 is 0 Å². The summed E-state index contributed by atoms with van der Waals surface area (Å²) in [6, 6.07) is 8.29. The summed E-state index contributed by atoms with van der Waals surface area (Å²) in [5.41, 5.74) is 2.68. The molecule has 0 fully saturated rings. The lowest BCUT2D eigenvalue weighted by Gasteiger charge is -2.10. The van der Waals surface area contributed by atoms with E-state index in [1.165, 1.54) is 17.7 Å². The van der Waals surface area contributed by atoms with Crippen molar-refractivity contribution in [2.75, 3.05) is 11.9 Å². The van der Waals surface area contributed by atoms with Gasteiger partial charge >= 0.3 is 0 Å². The number of anilines is 1. The molecule has 0 saturated carbocycles. The van der Waals surface area contributed by atoms with E-state index in [0.29, 0.717) is 18.7 Å². The minimum absolute atomic E-state index is 0.185. The van der Waals surface area contributed by atoms with Gasteiger partial charge < -0.3 is 10.1 Å². The largest absolute Gasteiger partial charge is 0.493 e. The molecule has 0 radical (unpaired) electrons. The molecule has 2 aromatic rings. The zero-order valence-electron chi connectivity index (χ0n) is 11.2. The van der Waals surface area contributed by atoms with Gasteiger partial charge in [0.2, 0.25) is 0 Å². The highest BCUT2D eigenvalue weighted by molar-refractivity contribution is 5.48. The lowest BCUT2D eigenvalue weighted by atomic mass is 10.1. The van der Waals surface area contributed by atoms with Crippen LogP contribution in [0.1, 0.15) is 16.7 Å². The van der Waals surface area contributed by atoms with Crippen LogP contribution in [-0.4, -0.2) is 6.61 Å². The second-order valence-electron chi connectivity index (χ2n) is 4.98. The standard InChI is InChI=1S/C16H15F2NO/c1-10-6-14(18)15(8-13(10)17)19-9-11-2-3-16-12(7-11)4-5-20-16/h2-3,6-8,19H,4-5,9H2,1H3. The second kappa shape index (κ2) is 5.12. The fourth-order valence-electron chi connectivity index (χ4n) is 2.33. The summed E-state index contributed by atoms with van der Waals surface area (Å²) in [4.78, 5) is 0. The van der Waals surface area contributed by atoms with Crippen LogP contribution in [0.2, 0.25) is 0 Å². The van der Waals surface area contributed by atoms with Crippen molar-refractivity contribution in [3.63, 3.8) is 0 Å². The highest BCUT2D eigenvalue weighted by atomic mass is 19.1. The molecule has 1 aliphatic heterocycles. The normalized spacial score (nSPS) is 12.9. The third kappa shape index (κ3) is 2.46. The Kier molecular flexibility index (Phi) is 3.30. The molecule has 0 amide bonds. The first-order valence-electron chi connectivity index (χ1n) is 6.57. The summed E-state index contributed by atoms with van der Waals surface area (Å²) in [6.45, 7) is 2.71. The highest BCUT2D eigenvalue weighted by Gasteiger charge is 2.12. The second-order valence-corrected chi connectivity index (χ2v) is 4.98. The molecule has 0 atom stereocenters. The van der Waals surface area contributed by atoms with Crippen molar-refractivity contribution >= 4 is 5.69 Å². The molecule has 0 spiro atoms. The van der Waals surface area contributed by atoms with Gasteiger partial charge in [-0.15, -0.1) is 0 Å². The molecule has 4 heteroatoms. The Bertz CT molecular complexity index is 655. The maximum absolute atomic E-state index is 13.7. The molecule has 0 aliphatic carbocycles. The number of rotatable bonds is 3. The number of hydrogen-bond donors (Lipinski definition) is 1. The van der Waals surface area contributed by atoms with Crippen LogP contribution < -0.4 is 10.1 Å². The van der Waals surface area contributed by atoms with Gasteiger partial charge in [0.05, 0.1) is 12.3 Å². The molecular weight excluding hydrogens is 260 g/mol. The van der Waals surface area contributed by atoms with Crippen molar-refractivity contribution in [2.45, 2.75) is 19.9 Å². The van der Waals surface area contributed by atoms with E-state index in [2.05, 4.69) is 5.32 Å². The third-order valence-corrected chi connectivity index (χ3v) is 3.49. The number of benzene rings is 2. The Labute approximate surface area is 116 Å². The predicted octanol–water partition coefficient (Wildman–Crippen LogP) is 3.82. The lowest BCUT2D eigenvalue weighted by molar-refractivity contribution is 0.357. The average molecular weight is 275 g/mol. The fraction of sp³-hybridized carbons (Fsp3) is 0.250. The Hall–Kier alpha value is -2.10. The minimum atomic E-state index is -0.437. The first-order valence-corrected chi connectivity index (χ1v) is 6.57. The molecule has 2 nitrogen and oxygen atoms in total. The van der Waals surface area contributed by atoms with Gasteiger partial charge in [-0.2, -0.15) is 0 Å². The molecule has 1 aliphatic rings. The number of halogens is 2. The van der Waals surface area contributed by atoms with Gasteiger partial charge in [-0.3, -0.25) is 0 Å². The summed E-state index contributed by atoms with van der Waals surface area (Å²) in [6.07, 6.45) is 0.899. The zero-order chi connectivity index (χ0) is 14.1. The topological polar surface area (TPSA) is 21.3 Å². The Balaban J connectivity index is 1.75. The van der Waals surface area contributed by atoms with Crippen LogP contribution in [-0.2, 0) is 13.0 Å². The molecule has 0 unspecified atom stereocenters. The van der Waals surface area contributed by atoms with Crippen LogP contribution in [0.25, 0.3) is 0 Å². The van der Waals surface area contributed by atoms with Crippen LogP contribution in [0.3, 0.4) is 0 Å². The van der Waals surface area contributed by atoms with Crippen molar-refractivity contribution < 1.29 is 13.5 Å². The van der Waals surface area contributed by atoms with Crippen molar-refractivity contribution in [3.05, 3.63) is 58.7 Å². The monoisotopic (exact) mass is 275 g/mol. The van der Waals surface area contributed by atoms with Gasteiger partial charge in [0, 0.05) is 19.0 Å². The van der Waals surface area contributed by atoms with Gasteiger partial charge in [0.1, 0.15) is 17.4 Å². The van der Waals surface area contributed by atoms with E-state index in [0.717, 1.165) is 17.7 Å². The van der Waals surface area contributed by atoms with Crippen molar-refractivity contribution in [3.8, 4) is 5.75 Å². The van der Waals surface area contributed by atoms with Crippen molar-refractivity contribution in [1.29, 1.82) is 0 Å². The molecule has 1 heterocycles. The Morgan fingerprint density at radius 3 is 2.85 bits per heavy atom. The first kappa shape index (κ1) is 12.9. The SMILES string of the molecule is Cc1cc(F)c(NCc2ccc3c(c2)CCO3)cc1F. The van der Waals surface area contributed by atoms with E-state index in [1.54, 1.807) is 6.92 Å². The Morgan fingerprint density at radius 1 is 1.15 bits per heavy atom. The third-order valence-electron chi connectivity index (χ3n) is 3.49. The zero-order valence-corrected chi connectivity index (χ0v) is 11.2. The molecule has 0 aromatic heterocycles. The first-order chi connectivity index (χ1) is 9.63. The van der Waals surface area contributed by atoms with Crippen LogP contribution in [0, 0.1) is 18.6 Å². The number of ether oxygens (including phenoxy) is 1. The van der Waals surface area contributed by atoms with E-state index in [1.807, 2.05) is 18.2 Å². The summed E-state index contributed by atoms with van der Waals surface area (Å²) >= 11 is 0. The van der Waals surface area contributed by atoms with Gasteiger partial charge in [0.25, 0.3) is 0 Å². The van der Waals surface area contributed by atoms with Crippen LogP contribution in [0.15, 0.2) is 30.3 Å². The van der Waals surface area contributed by atoms with Gasteiger partial charge in [0.15, 0.2) is 0 Å². The number of hydrogen-bond acceptors (Lipinski definition) is 2. The van der Waals surface area contributed by atoms with E-state index in [-0.39, 0.29) is 5.69 Å². The fourth-order valence-corrected chi connectivity index (χ4v) is 2.33. The molecule has 2 aromatic carbocycles. The minimum Gasteiger partial charge on any atom is -0.493 e. The number of aryl methyl sites for hydroxylation is 1. The smallest absolute Gasteiger partial charge is 0.146 e. The average Bonchev–Trinajstić information content (AvgIpc) is 2.89. The molecular formula is C16H15F2NO. The number of nitrogens with one attached hydrogen (secondary N) is 1. The molecule has 104 valence electrons. The molecule has 1 N–H and O–H groups in total. The molecule has 20 heavy (non-hydrogen) atoms. The molecule has 0 saturated heterocycles. The van der Waals surface area contributed by atoms with Gasteiger partial charge in [-0.1, -0.05) is 12.1 Å². The highest BCUT2D eigenvalue weighted by Crippen LogP contribution is 2.26. The predicted molar refractivity (Wildman–Crippen MR) is 74.1 cm³/mol. The summed E-state index contributed by atoms with van der Waals surface area (Å²) in [5.74, 6) is 0.0750. The maximum atomic E-state index is 13.7. The van der Waals surface area contributed by atoms with E-state index in [4.69, 9.17) is 4.74 Å². The Morgan fingerprint density at radius 2 is 2.00 bits per heavy atom. The van der Waals surface area contributed by atoms with E-state index in [9.17, 15) is 8.78 Å². The summed E-state index contributed by atoms with van der Waals surface area (Å²) in [7, 11) is 0. The van der Waals surface area contributed by atoms with E-state index >= 15 is 0 Å². The lowest BCUT2D eigenvalue weighted by Crippen LogP contribution is -2.03. The van der Waals surface area contributed by atoms with Crippen LogP contribution in [0.5, 0.6) is 5.75 Å². The summed E-state index contributed by atoms with van der Waals surface area (Å²) in [5, 5.41) is 2.93. The summed E-state index contributed by atoms with van der Waals surface area (Å²) < 4.78 is 32.6. The molecule has 3 rings (SSSR count).